The molecule has 0 fully saturated rings. The molecule has 1 aromatic rings. The van der Waals surface area contributed by atoms with E-state index in [1.807, 2.05) is 6.92 Å². The highest BCUT2D eigenvalue weighted by atomic mass is 19.4. The lowest BCUT2D eigenvalue weighted by atomic mass is 10.4. The van der Waals surface area contributed by atoms with E-state index >= 15 is 0 Å². The van der Waals surface area contributed by atoms with Crippen molar-refractivity contribution in [3.8, 4) is 0 Å². The summed E-state index contributed by atoms with van der Waals surface area (Å²) in [5, 5.41) is 5.29. The van der Waals surface area contributed by atoms with E-state index in [9.17, 15) is 18.0 Å². The van der Waals surface area contributed by atoms with Crippen LogP contribution in [0.5, 0.6) is 0 Å². The summed E-state index contributed by atoms with van der Waals surface area (Å²) in [5.74, 6) is -0.0682. The van der Waals surface area contributed by atoms with Gasteiger partial charge in [0.1, 0.15) is 18.1 Å². The van der Waals surface area contributed by atoms with E-state index in [1.54, 1.807) is 0 Å². The van der Waals surface area contributed by atoms with Crippen LogP contribution in [0.3, 0.4) is 0 Å². The number of carbonyl (C=O) groups is 1. The fourth-order valence-corrected chi connectivity index (χ4v) is 1.26. The third-order valence-electron chi connectivity index (χ3n) is 2.02. The van der Waals surface area contributed by atoms with Crippen LogP contribution in [0.4, 0.5) is 19.0 Å². The van der Waals surface area contributed by atoms with E-state index in [1.165, 1.54) is 12.4 Å². The number of alkyl halides is 3. The average Bonchev–Trinajstić information content (AvgIpc) is 2.37. The molecule has 0 atom stereocenters. The zero-order valence-corrected chi connectivity index (χ0v) is 10.8. The van der Waals surface area contributed by atoms with Crippen LogP contribution >= 0.6 is 0 Å². The standard InChI is InChI=1S/C11H15F3N4O2/c1-2-16-9-6-15-5-8(18-9)10(19)17-3-4-20-7-11(12,13)14/h5-6H,2-4,7H2,1H3,(H,16,18)(H,17,19). The van der Waals surface area contributed by atoms with Crippen molar-refractivity contribution in [2.45, 2.75) is 13.1 Å². The summed E-state index contributed by atoms with van der Waals surface area (Å²) in [6.45, 7) is 0.892. The molecule has 0 bridgehead atoms. The Bertz CT molecular complexity index is 440. The van der Waals surface area contributed by atoms with Gasteiger partial charge in [0.05, 0.1) is 19.0 Å². The van der Waals surface area contributed by atoms with Gasteiger partial charge >= 0.3 is 6.18 Å². The Hall–Kier alpha value is -1.90. The largest absolute Gasteiger partial charge is 0.411 e. The zero-order valence-electron chi connectivity index (χ0n) is 10.8. The van der Waals surface area contributed by atoms with Gasteiger partial charge in [0.15, 0.2) is 0 Å². The van der Waals surface area contributed by atoms with Gasteiger partial charge in [-0.15, -0.1) is 0 Å². The smallest absolute Gasteiger partial charge is 0.370 e. The average molecular weight is 292 g/mol. The summed E-state index contributed by atoms with van der Waals surface area (Å²) in [5.41, 5.74) is 0.0827. The van der Waals surface area contributed by atoms with Crippen molar-refractivity contribution in [1.29, 1.82) is 0 Å². The molecule has 0 saturated carbocycles. The number of carbonyl (C=O) groups excluding carboxylic acids is 1. The quantitative estimate of drug-likeness (QED) is 0.739. The third kappa shape index (κ3) is 6.32. The molecule has 0 aliphatic heterocycles. The maximum Gasteiger partial charge on any atom is 0.411 e. The number of ether oxygens (including phenoxy) is 1. The predicted octanol–water partition coefficient (Wildman–Crippen LogP) is 1.22. The second-order valence-electron chi connectivity index (χ2n) is 3.74. The second-order valence-corrected chi connectivity index (χ2v) is 3.74. The molecule has 0 unspecified atom stereocenters. The van der Waals surface area contributed by atoms with Gasteiger partial charge in [-0.1, -0.05) is 0 Å². The first-order valence-corrected chi connectivity index (χ1v) is 5.91. The molecule has 0 aromatic carbocycles. The predicted molar refractivity (Wildman–Crippen MR) is 65.4 cm³/mol. The second kappa shape index (κ2) is 7.63. The van der Waals surface area contributed by atoms with Crippen molar-refractivity contribution < 1.29 is 22.7 Å². The molecular formula is C11H15F3N4O2. The molecule has 20 heavy (non-hydrogen) atoms. The molecule has 112 valence electrons. The number of hydrogen-bond donors (Lipinski definition) is 2. The molecule has 1 heterocycles. The maximum atomic E-state index is 11.8. The van der Waals surface area contributed by atoms with Crippen LogP contribution in [0.25, 0.3) is 0 Å². The molecule has 6 nitrogen and oxygen atoms in total. The Kier molecular flexibility index (Phi) is 6.16. The van der Waals surface area contributed by atoms with E-state index in [-0.39, 0.29) is 18.8 Å². The zero-order chi connectivity index (χ0) is 15.0. The van der Waals surface area contributed by atoms with Gasteiger partial charge < -0.3 is 15.4 Å². The van der Waals surface area contributed by atoms with Crippen LogP contribution in [-0.2, 0) is 4.74 Å². The molecule has 0 saturated heterocycles. The molecule has 2 N–H and O–H groups in total. The Morgan fingerprint density at radius 3 is 2.80 bits per heavy atom. The first-order chi connectivity index (χ1) is 9.42. The lowest BCUT2D eigenvalue weighted by Gasteiger charge is -2.08. The Morgan fingerprint density at radius 1 is 1.40 bits per heavy atom. The van der Waals surface area contributed by atoms with Crippen LogP contribution in [0.15, 0.2) is 12.4 Å². The van der Waals surface area contributed by atoms with Gasteiger partial charge in [-0.2, -0.15) is 13.2 Å². The summed E-state index contributed by atoms with van der Waals surface area (Å²) >= 11 is 0. The van der Waals surface area contributed by atoms with Crippen LogP contribution in [0.1, 0.15) is 17.4 Å². The Morgan fingerprint density at radius 2 is 2.15 bits per heavy atom. The van der Waals surface area contributed by atoms with E-state index in [0.29, 0.717) is 12.4 Å². The Balaban J connectivity index is 2.34. The Labute approximate surface area is 113 Å². The number of anilines is 1. The van der Waals surface area contributed by atoms with Crippen LogP contribution in [-0.4, -0.2) is 48.4 Å². The highest BCUT2D eigenvalue weighted by Crippen LogP contribution is 2.13. The molecule has 1 aromatic heterocycles. The highest BCUT2D eigenvalue weighted by molar-refractivity contribution is 5.92. The minimum Gasteiger partial charge on any atom is -0.370 e. The molecule has 0 aliphatic carbocycles. The number of nitrogens with zero attached hydrogens (tertiary/aromatic N) is 2. The maximum absolute atomic E-state index is 11.8. The summed E-state index contributed by atoms with van der Waals surface area (Å²) < 4.78 is 39.7. The summed E-state index contributed by atoms with van der Waals surface area (Å²) in [4.78, 5) is 19.5. The lowest BCUT2D eigenvalue weighted by Crippen LogP contribution is -2.29. The van der Waals surface area contributed by atoms with Gasteiger partial charge in [0, 0.05) is 13.1 Å². The van der Waals surface area contributed by atoms with Crippen molar-refractivity contribution in [2.24, 2.45) is 0 Å². The minimum atomic E-state index is -4.37. The SMILES string of the molecule is CCNc1cncc(C(=O)NCCOCC(F)(F)F)n1. The van der Waals surface area contributed by atoms with Crippen LogP contribution < -0.4 is 10.6 Å². The summed E-state index contributed by atoms with van der Waals surface area (Å²) in [6, 6.07) is 0. The molecule has 1 amide bonds. The highest BCUT2D eigenvalue weighted by Gasteiger charge is 2.27. The summed E-state index contributed by atoms with van der Waals surface area (Å²) in [6.07, 6.45) is -1.63. The van der Waals surface area contributed by atoms with Crippen LogP contribution in [0, 0.1) is 0 Å². The fourth-order valence-electron chi connectivity index (χ4n) is 1.26. The van der Waals surface area contributed by atoms with Crippen molar-refractivity contribution in [1.82, 2.24) is 15.3 Å². The molecular weight excluding hydrogens is 277 g/mol. The van der Waals surface area contributed by atoms with E-state index in [4.69, 9.17) is 0 Å². The van der Waals surface area contributed by atoms with Gasteiger partial charge in [-0.25, -0.2) is 4.98 Å². The molecule has 0 radical (unpaired) electrons. The van der Waals surface area contributed by atoms with Gasteiger partial charge in [-0.05, 0) is 6.92 Å². The number of nitrogens with one attached hydrogen (secondary N) is 2. The molecule has 0 aliphatic rings. The monoisotopic (exact) mass is 292 g/mol. The third-order valence-corrected chi connectivity index (χ3v) is 2.02. The number of amides is 1. The number of hydrogen-bond acceptors (Lipinski definition) is 5. The molecule has 1 rings (SSSR count). The van der Waals surface area contributed by atoms with E-state index in [2.05, 4.69) is 25.3 Å². The lowest BCUT2D eigenvalue weighted by molar-refractivity contribution is -0.173. The fraction of sp³-hybridized carbons (Fsp3) is 0.545. The van der Waals surface area contributed by atoms with Crippen molar-refractivity contribution in [3.05, 3.63) is 18.1 Å². The first kappa shape index (κ1) is 16.2. The van der Waals surface area contributed by atoms with Crippen LogP contribution in [0.2, 0.25) is 0 Å². The molecule has 9 heteroatoms. The molecule has 0 spiro atoms. The van der Waals surface area contributed by atoms with E-state index in [0.717, 1.165) is 0 Å². The van der Waals surface area contributed by atoms with Crippen molar-refractivity contribution >= 4 is 11.7 Å². The van der Waals surface area contributed by atoms with Crippen molar-refractivity contribution in [2.75, 3.05) is 31.6 Å². The van der Waals surface area contributed by atoms with Gasteiger partial charge in [0.2, 0.25) is 0 Å². The van der Waals surface area contributed by atoms with Gasteiger partial charge in [-0.3, -0.25) is 9.78 Å². The summed E-state index contributed by atoms with van der Waals surface area (Å²) in [7, 11) is 0. The number of halogens is 3. The van der Waals surface area contributed by atoms with Crippen molar-refractivity contribution in [3.63, 3.8) is 0 Å². The normalized spacial score (nSPS) is 11.2. The first-order valence-electron chi connectivity index (χ1n) is 5.91. The van der Waals surface area contributed by atoms with E-state index < -0.39 is 18.7 Å². The topological polar surface area (TPSA) is 76.1 Å². The minimum absolute atomic E-state index is 0.0397. The number of rotatable bonds is 7. The number of aromatic nitrogens is 2. The van der Waals surface area contributed by atoms with Gasteiger partial charge in [0.25, 0.3) is 5.91 Å².